The molecule has 1 atom stereocenters. The van der Waals surface area contributed by atoms with Crippen LogP contribution in [0.1, 0.15) is 31.3 Å². The van der Waals surface area contributed by atoms with Crippen LogP contribution in [0.25, 0.3) is 0 Å². The van der Waals surface area contributed by atoms with Gasteiger partial charge in [-0.3, -0.25) is 0 Å². The van der Waals surface area contributed by atoms with Gasteiger partial charge in [0.05, 0.1) is 5.69 Å². The first-order chi connectivity index (χ1) is 7.26. The van der Waals surface area contributed by atoms with Gasteiger partial charge in [-0.2, -0.15) is 0 Å². The summed E-state index contributed by atoms with van der Waals surface area (Å²) in [7, 11) is 0. The van der Waals surface area contributed by atoms with Crippen LogP contribution >= 0.6 is 15.9 Å². The molecule has 3 nitrogen and oxygen atoms in total. The summed E-state index contributed by atoms with van der Waals surface area (Å²) in [6.07, 6.45) is 4.53. The standard InChI is InChI=1S/C11H18BrN3/c1-2-10-14-11(12)9-7-8(3-5-13)4-6-15(9)10/h8H,2-7,13H2,1H3. The van der Waals surface area contributed by atoms with E-state index >= 15 is 0 Å². The Morgan fingerprint density at radius 3 is 3.07 bits per heavy atom. The highest BCUT2D eigenvalue weighted by Gasteiger charge is 2.23. The van der Waals surface area contributed by atoms with E-state index in [1.807, 2.05) is 0 Å². The summed E-state index contributed by atoms with van der Waals surface area (Å²) in [5.41, 5.74) is 6.99. The molecule has 15 heavy (non-hydrogen) atoms. The second-order valence-electron chi connectivity index (χ2n) is 4.21. The molecule has 0 amide bonds. The van der Waals surface area contributed by atoms with Crippen molar-refractivity contribution in [1.82, 2.24) is 9.55 Å². The fourth-order valence-electron chi connectivity index (χ4n) is 2.40. The minimum Gasteiger partial charge on any atom is -0.331 e. The highest BCUT2D eigenvalue weighted by atomic mass is 79.9. The minimum atomic E-state index is 0.750. The van der Waals surface area contributed by atoms with Gasteiger partial charge in [-0.15, -0.1) is 0 Å². The Morgan fingerprint density at radius 2 is 2.40 bits per heavy atom. The molecule has 0 saturated carbocycles. The Morgan fingerprint density at radius 1 is 1.60 bits per heavy atom. The van der Waals surface area contributed by atoms with Gasteiger partial charge in [0.25, 0.3) is 0 Å². The first-order valence-corrected chi connectivity index (χ1v) is 6.49. The lowest BCUT2D eigenvalue weighted by Gasteiger charge is -2.24. The van der Waals surface area contributed by atoms with Crippen molar-refractivity contribution in [1.29, 1.82) is 0 Å². The number of halogens is 1. The lowest BCUT2D eigenvalue weighted by molar-refractivity contribution is 0.366. The summed E-state index contributed by atoms with van der Waals surface area (Å²) in [5.74, 6) is 1.96. The first-order valence-electron chi connectivity index (χ1n) is 5.70. The average molecular weight is 272 g/mol. The molecule has 1 aliphatic heterocycles. The molecular weight excluding hydrogens is 254 g/mol. The van der Waals surface area contributed by atoms with E-state index in [0.29, 0.717) is 0 Å². The van der Waals surface area contributed by atoms with Crippen LogP contribution in [0.3, 0.4) is 0 Å². The zero-order valence-electron chi connectivity index (χ0n) is 9.17. The number of imidazole rings is 1. The summed E-state index contributed by atoms with van der Waals surface area (Å²) in [6.45, 7) is 4.08. The smallest absolute Gasteiger partial charge is 0.127 e. The molecule has 1 aliphatic rings. The molecule has 4 heteroatoms. The molecule has 0 bridgehead atoms. The van der Waals surface area contributed by atoms with Gasteiger partial charge in [0.1, 0.15) is 10.4 Å². The van der Waals surface area contributed by atoms with E-state index < -0.39 is 0 Å². The predicted octanol–water partition coefficient (Wildman–Crippen LogP) is 2.12. The van der Waals surface area contributed by atoms with E-state index in [0.717, 1.165) is 42.9 Å². The van der Waals surface area contributed by atoms with Crippen LogP contribution in [-0.4, -0.2) is 16.1 Å². The second-order valence-corrected chi connectivity index (χ2v) is 4.96. The van der Waals surface area contributed by atoms with E-state index in [2.05, 4.69) is 32.4 Å². The maximum Gasteiger partial charge on any atom is 0.127 e. The van der Waals surface area contributed by atoms with Crippen LogP contribution in [0.5, 0.6) is 0 Å². The minimum absolute atomic E-state index is 0.750. The van der Waals surface area contributed by atoms with Crippen LogP contribution in [0.2, 0.25) is 0 Å². The number of rotatable bonds is 3. The van der Waals surface area contributed by atoms with Gasteiger partial charge in [0, 0.05) is 13.0 Å². The Balaban J connectivity index is 2.22. The van der Waals surface area contributed by atoms with Gasteiger partial charge < -0.3 is 10.3 Å². The lowest BCUT2D eigenvalue weighted by atomic mass is 9.93. The van der Waals surface area contributed by atoms with Gasteiger partial charge in [0.2, 0.25) is 0 Å². The highest BCUT2D eigenvalue weighted by molar-refractivity contribution is 9.10. The molecule has 84 valence electrons. The Labute approximate surface area is 99.2 Å². The quantitative estimate of drug-likeness (QED) is 0.916. The third-order valence-electron chi connectivity index (χ3n) is 3.24. The third kappa shape index (κ3) is 2.11. The maximum absolute atomic E-state index is 5.61. The van der Waals surface area contributed by atoms with Crippen molar-refractivity contribution in [3.05, 3.63) is 16.1 Å². The van der Waals surface area contributed by atoms with Gasteiger partial charge in [-0.1, -0.05) is 6.92 Å². The van der Waals surface area contributed by atoms with E-state index in [1.165, 1.54) is 17.9 Å². The number of hydrogen-bond donors (Lipinski definition) is 1. The Bertz CT molecular complexity index is 346. The number of fused-ring (bicyclic) bond motifs is 1. The molecular formula is C11H18BrN3. The third-order valence-corrected chi connectivity index (χ3v) is 3.87. The number of nitrogens with two attached hydrogens (primary N) is 1. The monoisotopic (exact) mass is 271 g/mol. The van der Waals surface area contributed by atoms with Crippen LogP contribution in [0, 0.1) is 5.92 Å². The molecule has 0 aliphatic carbocycles. The van der Waals surface area contributed by atoms with Crippen LogP contribution in [0.4, 0.5) is 0 Å². The molecule has 2 N–H and O–H groups in total. The fourth-order valence-corrected chi connectivity index (χ4v) is 2.98. The summed E-state index contributed by atoms with van der Waals surface area (Å²) < 4.78 is 3.41. The lowest BCUT2D eigenvalue weighted by Crippen LogP contribution is -2.22. The van der Waals surface area contributed by atoms with Gasteiger partial charge in [-0.05, 0) is 47.7 Å². The predicted molar refractivity (Wildman–Crippen MR) is 64.8 cm³/mol. The number of aromatic nitrogens is 2. The normalized spacial score (nSPS) is 20.3. The average Bonchev–Trinajstić information content (AvgIpc) is 2.56. The second kappa shape index (κ2) is 4.66. The summed E-state index contributed by atoms with van der Waals surface area (Å²) >= 11 is 3.56. The zero-order chi connectivity index (χ0) is 10.8. The highest BCUT2D eigenvalue weighted by Crippen LogP contribution is 2.29. The summed E-state index contributed by atoms with van der Waals surface area (Å²) in [6, 6.07) is 0. The van der Waals surface area contributed by atoms with Crippen LogP contribution in [0.15, 0.2) is 4.60 Å². The SMILES string of the molecule is CCc1nc(Br)c2n1CCC(CCN)C2. The van der Waals surface area contributed by atoms with E-state index in [-0.39, 0.29) is 0 Å². The molecule has 2 rings (SSSR count). The van der Waals surface area contributed by atoms with Crippen molar-refractivity contribution < 1.29 is 0 Å². The molecule has 1 aromatic rings. The number of nitrogens with zero attached hydrogens (tertiary/aromatic N) is 2. The van der Waals surface area contributed by atoms with Gasteiger partial charge >= 0.3 is 0 Å². The first kappa shape index (κ1) is 11.1. The molecule has 1 aromatic heterocycles. The van der Waals surface area contributed by atoms with Crippen molar-refractivity contribution >= 4 is 15.9 Å². The topological polar surface area (TPSA) is 43.8 Å². The fraction of sp³-hybridized carbons (Fsp3) is 0.727. The molecule has 0 aromatic carbocycles. The van der Waals surface area contributed by atoms with Crippen molar-refractivity contribution in [3.63, 3.8) is 0 Å². The molecule has 0 saturated heterocycles. The van der Waals surface area contributed by atoms with Crippen molar-refractivity contribution in [3.8, 4) is 0 Å². The molecule has 0 spiro atoms. The van der Waals surface area contributed by atoms with Crippen molar-refractivity contribution in [2.75, 3.05) is 6.54 Å². The zero-order valence-corrected chi connectivity index (χ0v) is 10.8. The van der Waals surface area contributed by atoms with Gasteiger partial charge in [0.15, 0.2) is 0 Å². The van der Waals surface area contributed by atoms with Gasteiger partial charge in [-0.25, -0.2) is 4.98 Å². The summed E-state index contributed by atoms with van der Waals surface area (Å²) in [4.78, 5) is 4.55. The number of aryl methyl sites for hydroxylation is 1. The largest absolute Gasteiger partial charge is 0.331 e. The van der Waals surface area contributed by atoms with E-state index in [4.69, 9.17) is 5.73 Å². The van der Waals surface area contributed by atoms with Crippen molar-refractivity contribution in [2.24, 2.45) is 11.7 Å². The number of hydrogen-bond acceptors (Lipinski definition) is 2. The van der Waals surface area contributed by atoms with Crippen LogP contribution < -0.4 is 5.73 Å². The molecule has 2 heterocycles. The molecule has 0 fully saturated rings. The maximum atomic E-state index is 5.61. The summed E-state index contributed by atoms with van der Waals surface area (Å²) in [5, 5.41) is 0. The van der Waals surface area contributed by atoms with E-state index in [1.54, 1.807) is 0 Å². The molecule has 1 unspecified atom stereocenters. The Hall–Kier alpha value is -0.350. The van der Waals surface area contributed by atoms with Crippen molar-refractivity contribution in [2.45, 2.75) is 39.2 Å². The Kier molecular flexibility index (Phi) is 3.46. The van der Waals surface area contributed by atoms with E-state index in [9.17, 15) is 0 Å². The van der Waals surface area contributed by atoms with Crippen LogP contribution in [-0.2, 0) is 19.4 Å². The molecule has 0 radical (unpaired) electrons.